The van der Waals surface area contributed by atoms with Crippen LogP contribution in [0.3, 0.4) is 0 Å². The Bertz CT molecular complexity index is 597. The van der Waals surface area contributed by atoms with Gasteiger partial charge in [0.2, 0.25) is 0 Å². The Kier molecular flexibility index (Phi) is 5.32. The highest BCUT2D eigenvalue weighted by Gasteiger charge is 2.07. The molecule has 2 aromatic rings. The minimum absolute atomic E-state index is 0.00761. The Labute approximate surface area is 132 Å². The molecule has 0 radical (unpaired) electrons. The van der Waals surface area contributed by atoms with Crippen LogP contribution in [0.2, 0.25) is 5.02 Å². The van der Waals surface area contributed by atoms with Gasteiger partial charge in [-0.2, -0.15) is 0 Å². The third kappa shape index (κ3) is 4.46. The van der Waals surface area contributed by atoms with E-state index in [4.69, 9.17) is 16.7 Å². The topological polar surface area (TPSA) is 91.3 Å². The molecule has 1 aromatic heterocycles. The summed E-state index contributed by atoms with van der Waals surface area (Å²) in [5, 5.41) is 14.9. The van der Waals surface area contributed by atoms with Crippen molar-refractivity contribution in [2.24, 2.45) is 0 Å². The number of nitrogens with zero attached hydrogens (tertiary/aromatic N) is 1. The smallest absolute Gasteiger partial charge is 0.269 e. The lowest BCUT2D eigenvalue weighted by molar-refractivity contribution is 0.0925. The van der Waals surface area contributed by atoms with E-state index >= 15 is 0 Å². The van der Waals surface area contributed by atoms with Gasteiger partial charge >= 0.3 is 0 Å². The fourth-order valence-corrected chi connectivity index (χ4v) is 1.79. The van der Waals surface area contributed by atoms with E-state index in [1.807, 2.05) is 0 Å². The summed E-state index contributed by atoms with van der Waals surface area (Å²) in [5.41, 5.74) is 0.692. The molecule has 0 aliphatic rings. The molecule has 0 aliphatic carbocycles. The Morgan fingerprint density at radius 1 is 1.00 bits per heavy atom. The molecule has 6 nitrogen and oxygen atoms in total. The average molecular weight is 320 g/mol. The third-order valence-corrected chi connectivity index (χ3v) is 3.04. The Hall–Kier alpha value is -2.60. The van der Waals surface area contributed by atoms with E-state index in [9.17, 15) is 9.59 Å². The van der Waals surface area contributed by atoms with Crippen LogP contribution < -0.4 is 10.6 Å². The van der Waals surface area contributed by atoms with Gasteiger partial charge in [-0.15, -0.1) is 0 Å². The third-order valence-electron chi connectivity index (χ3n) is 2.78. The van der Waals surface area contributed by atoms with Gasteiger partial charge in [-0.05, 0) is 36.4 Å². The number of carbonyl (C=O) groups is 2. The predicted octanol–water partition coefficient (Wildman–Crippen LogP) is 1.60. The lowest BCUT2D eigenvalue weighted by atomic mass is 10.2. The second-order valence-electron chi connectivity index (χ2n) is 4.42. The number of hydrogen-bond acceptors (Lipinski definition) is 4. The minimum Gasteiger partial charge on any atom is -0.506 e. The van der Waals surface area contributed by atoms with Crippen molar-refractivity contribution in [2.45, 2.75) is 0 Å². The van der Waals surface area contributed by atoms with E-state index < -0.39 is 0 Å². The fourth-order valence-electron chi connectivity index (χ4n) is 1.67. The summed E-state index contributed by atoms with van der Waals surface area (Å²) in [7, 11) is 0. The molecule has 0 atom stereocenters. The van der Waals surface area contributed by atoms with Crippen LogP contribution in [0.25, 0.3) is 0 Å². The first-order chi connectivity index (χ1) is 10.6. The van der Waals surface area contributed by atoms with Crippen molar-refractivity contribution in [3.05, 3.63) is 58.9 Å². The van der Waals surface area contributed by atoms with Gasteiger partial charge in [0.1, 0.15) is 11.4 Å². The van der Waals surface area contributed by atoms with Gasteiger partial charge in [-0.3, -0.25) is 9.59 Å². The summed E-state index contributed by atoms with van der Waals surface area (Å²) in [6.45, 7) is 0.548. The SMILES string of the molecule is O=C(NCCNC(=O)c1ccc(O)cn1)c1ccc(Cl)cc1. The van der Waals surface area contributed by atoms with Crippen molar-refractivity contribution in [1.29, 1.82) is 0 Å². The standard InChI is InChI=1S/C15H14ClN3O3/c16-11-3-1-10(2-4-11)14(21)17-7-8-18-15(22)13-6-5-12(20)9-19-13/h1-6,9,20H,7-8H2,(H,17,21)(H,18,22). The number of halogens is 1. The van der Waals surface area contributed by atoms with Crippen LogP contribution in [-0.4, -0.2) is 35.0 Å². The monoisotopic (exact) mass is 319 g/mol. The molecule has 3 N–H and O–H groups in total. The first-order valence-electron chi connectivity index (χ1n) is 6.53. The molecule has 114 valence electrons. The summed E-state index contributed by atoms with van der Waals surface area (Å²) in [6, 6.07) is 9.30. The lowest BCUT2D eigenvalue weighted by Gasteiger charge is -2.07. The van der Waals surface area contributed by atoms with Gasteiger partial charge in [-0.25, -0.2) is 4.98 Å². The summed E-state index contributed by atoms with van der Waals surface area (Å²) in [5.74, 6) is -0.624. The highest BCUT2D eigenvalue weighted by atomic mass is 35.5. The number of amides is 2. The maximum Gasteiger partial charge on any atom is 0.269 e. The van der Waals surface area contributed by atoms with Gasteiger partial charge in [0.25, 0.3) is 11.8 Å². The molecule has 1 heterocycles. The zero-order valence-corrected chi connectivity index (χ0v) is 12.3. The normalized spacial score (nSPS) is 10.0. The first-order valence-corrected chi connectivity index (χ1v) is 6.91. The van der Waals surface area contributed by atoms with E-state index in [0.29, 0.717) is 10.6 Å². The number of nitrogens with one attached hydrogen (secondary N) is 2. The van der Waals surface area contributed by atoms with E-state index in [2.05, 4.69) is 15.6 Å². The van der Waals surface area contributed by atoms with Gasteiger partial charge in [0, 0.05) is 23.7 Å². The molecule has 0 bridgehead atoms. The van der Waals surface area contributed by atoms with Crippen LogP contribution >= 0.6 is 11.6 Å². The number of pyridine rings is 1. The highest BCUT2D eigenvalue weighted by molar-refractivity contribution is 6.30. The molecular formula is C15H14ClN3O3. The van der Waals surface area contributed by atoms with Crippen molar-refractivity contribution in [3.63, 3.8) is 0 Å². The number of aromatic nitrogens is 1. The molecule has 0 fully saturated rings. The molecule has 22 heavy (non-hydrogen) atoms. The highest BCUT2D eigenvalue weighted by Crippen LogP contribution is 2.09. The van der Waals surface area contributed by atoms with Crippen LogP contribution in [0.15, 0.2) is 42.6 Å². The molecule has 0 unspecified atom stereocenters. The van der Waals surface area contributed by atoms with Crippen molar-refractivity contribution in [3.8, 4) is 5.75 Å². The van der Waals surface area contributed by atoms with Crippen LogP contribution in [0.4, 0.5) is 0 Å². The van der Waals surface area contributed by atoms with Crippen LogP contribution in [0, 0.1) is 0 Å². The molecule has 2 rings (SSSR count). The number of carbonyl (C=O) groups excluding carboxylic acids is 2. The van der Waals surface area contributed by atoms with Crippen LogP contribution in [0.1, 0.15) is 20.8 Å². The Morgan fingerprint density at radius 2 is 1.64 bits per heavy atom. The predicted molar refractivity (Wildman–Crippen MR) is 82.0 cm³/mol. The quantitative estimate of drug-likeness (QED) is 0.730. The lowest BCUT2D eigenvalue weighted by Crippen LogP contribution is -2.34. The molecule has 0 aliphatic heterocycles. The first kappa shape index (κ1) is 15.8. The maximum absolute atomic E-state index is 11.8. The Morgan fingerprint density at radius 3 is 2.23 bits per heavy atom. The van der Waals surface area contributed by atoms with E-state index in [1.165, 1.54) is 18.3 Å². The Balaban J connectivity index is 1.74. The minimum atomic E-state index is -0.374. The molecule has 0 saturated carbocycles. The van der Waals surface area contributed by atoms with Crippen LogP contribution in [0.5, 0.6) is 5.75 Å². The van der Waals surface area contributed by atoms with Crippen molar-refractivity contribution in [1.82, 2.24) is 15.6 Å². The number of aromatic hydroxyl groups is 1. The molecular weight excluding hydrogens is 306 g/mol. The van der Waals surface area contributed by atoms with Crippen molar-refractivity contribution < 1.29 is 14.7 Å². The summed E-state index contributed by atoms with van der Waals surface area (Å²) in [6.07, 6.45) is 1.19. The fraction of sp³-hybridized carbons (Fsp3) is 0.133. The summed E-state index contributed by atoms with van der Waals surface area (Å²) in [4.78, 5) is 27.3. The van der Waals surface area contributed by atoms with Gasteiger partial charge in [-0.1, -0.05) is 11.6 Å². The van der Waals surface area contributed by atoms with Gasteiger partial charge in [0.15, 0.2) is 0 Å². The second-order valence-corrected chi connectivity index (χ2v) is 4.86. The van der Waals surface area contributed by atoms with Crippen molar-refractivity contribution >= 4 is 23.4 Å². The number of benzene rings is 1. The average Bonchev–Trinajstić information content (AvgIpc) is 2.52. The molecule has 0 spiro atoms. The number of hydrogen-bond donors (Lipinski definition) is 3. The zero-order chi connectivity index (χ0) is 15.9. The molecule has 1 aromatic carbocycles. The van der Waals surface area contributed by atoms with Gasteiger partial charge in [0.05, 0.1) is 6.20 Å². The van der Waals surface area contributed by atoms with Crippen molar-refractivity contribution in [2.75, 3.05) is 13.1 Å². The summed E-state index contributed by atoms with van der Waals surface area (Å²) < 4.78 is 0. The van der Waals surface area contributed by atoms with E-state index in [1.54, 1.807) is 24.3 Å². The second kappa shape index (κ2) is 7.42. The van der Waals surface area contributed by atoms with E-state index in [-0.39, 0.29) is 36.3 Å². The molecule has 7 heteroatoms. The van der Waals surface area contributed by atoms with E-state index in [0.717, 1.165) is 0 Å². The molecule has 2 amide bonds. The maximum atomic E-state index is 11.8. The largest absolute Gasteiger partial charge is 0.506 e. The van der Waals surface area contributed by atoms with Crippen LogP contribution in [-0.2, 0) is 0 Å². The zero-order valence-electron chi connectivity index (χ0n) is 11.5. The number of rotatable bonds is 5. The molecule has 0 saturated heterocycles. The summed E-state index contributed by atoms with van der Waals surface area (Å²) >= 11 is 5.75. The van der Waals surface area contributed by atoms with Gasteiger partial charge < -0.3 is 15.7 Å².